The molecule has 0 radical (unpaired) electrons. The van der Waals surface area contributed by atoms with Crippen molar-refractivity contribution in [2.45, 2.75) is 6.42 Å². The zero-order valence-corrected chi connectivity index (χ0v) is 9.34. The van der Waals surface area contributed by atoms with Crippen LogP contribution in [0.3, 0.4) is 0 Å². The lowest BCUT2D eigenvalue weighted by molar-refractivity contribution is 0.407. The summed E-state index contributed by atoms with van der Waals surface area (Å²) in [6.45, 7) is 2.72. The molecule has 1 aliphatic rings. The highest BCUT2D eigenvalue weighted by Gasteiger charge is 2.05. The van der Waals surface area contributed by atoms with Crippen molar-refractivity contribution < 1.29 is 0 Å². The zero-order valence-electron chi connectivity index (χ0n) is 9.34. The summed E-state index contributed by atoms with van der Waals surface area (Å²) in [4.78, 5) is 6.59. The fraction of sp³-hybridized carbons (Fsp3) is 0.308. The molecule has 84 valence electrons. The lowest BCUT2D eigenvalue weighted by Crippen LogP contribution is -2.22. The summed E-state index contributed by atoms with van der Waals surface area (Å²) in [5.41, 5.74) is 7.73. The standard InChI is InChI=1S/C13H17N3/c14-7-3-9-16-10-5-12(6-11-16)13-4-1-2-8-15-13/h1-2,4-6,8,10H,3,7,9,11,14H2. The minimum Gasteiger partial charge on any atom is -0.374 e. The molecule has 0 unspecified atom stereocenters. The molecule has 3 nitrogen and oxygen atoms in total. The molecule has 3 heteroatoms. The molecule has 2 N–H and O–H groups in total. The number of allylic oxidation sites excluding steroid dienone is 2. The maximum atomic E-state index is 5.49. The number of hydrogen-bond donors (Lipinski definition) is 1. The molecule has 0 bridgehead atoms. The first-order valence-electron chi connectivity index (χ1n) is 5.64. The molecule has 16 heavy (non-hydrogen) atoms. The van der Waals surface area contributed by atoms with E-state index in [1.165, 1.54) is 5.57 Å². The molecule has 1 aromatic heterocycles. The lowest BCUT2D eigenvalue weighted by atomic mass is 10.1. The first kappa shape index (κ1) is 10.9. The van der Waals surface area contributed by atoms with Gasteiger partial charge in [-0.25, -0.2) is 0 Å². The summed E-state index contributed by atoms with van der Waals surface area (Å²) in [5.74, 6) is 0. The Balaban J connectivity index is 1.97. The largest absolute Gasteiger partial charge is 0.374 e. The third-order valence-corrected chi connectivity index (χ3v) is 2.62. The van der Waals surface area contributed by atoms with Gasteiger partial charge in [-0.05, 0) is 42.9 Å². The maximum absolute atomic E-state index is 5.49. The molecule has 0 aliphatic carbocycles. The van der Waals surface area contributed by atoms with Crippen LogP contribution in [0.15, 0.2) is 42.7 Å². The monoisotopic (exact) mass is 215 g/mol. The van der Waals surface area contributed by atoms with Gasteiger partial charge in [0.2, 0.25) is 0 Å². The van der Waals surface area contributed by atoms with E-state index in [2.05, 4.69) is 28.2 Å². The third kappa shape index (κ3) is 2.70. The highest BCUT2D eigenvalue weighted by atomic mass is 15.1. The molecular weight excluding hydrogens is 198 g/mol. The predicted octanol–water partition coefficient (Wildman–Crippen LogP) is 1.64. The van der Waals surface area contributed by atoms with E-state index in [-0.39, 0.29) is 0 Å². The summed E-state index contributed by atoms with van der Waals surface area (Å²) >= 11 is 0. The van der Waals surface area contributed by atoms with Crippen LogP contribution in [-0.2, 0) is 0 Å². The summed E-state index contributed by atoms with van der Waals surface area (Å²) < 4.78 is 0. The second-order valence-electron chi connectivity index (χ2n) is 3.83. The van der Waals surface area contributed by atoms with Gasteiger partial charge in [-0.2, -0.15) is 0 Å². The van der Waals surface area contributed by atoms with Gasteiger partial charge < -0.3 is 10.6 Å². The van der Waals surface area contributed by atoms with E-state index in [9.17, 15) is 0 Å². The minimum atomic E-state index is 0.751. The van der Waals surface area contributed by atoms with E-state index in [0.717, 1.165) is 31.7 Å². The Kier molecular flexibility index (Phi) is 3.72. The van der Waals surface area contributed by atoms with Crippen molar-refractivity contribution in [2.75, 3.05) is 19.6 Å². The van der Waals surface area contributed by atoms with Crippen LogP contribution in [0.4, 0.5) is 0 Å². The van der Waals surface area contributed by atoms with Crippen LogP contribution >= 0.6 is 0 Å². The van der Waals surface area contributed by atoms with Crippen molar-refractivity contribution in [3.63, 3.8) is 0 Å². The van der Waals surface area contributed by atoms with Crippen LogP contribution in [-0.4, -0.2) is 29.5 Å². The van der Waals surface area contributed by atoms with Crippen molar-refractivity contribution >= 4 is 5.57 Å². The molecular formula is C13H17N3. The van der Waals surface area contributed by atoms with Gasteiger partial charge in [-0.1, -0.05) is 12.1 Å². The van der Waals surface area contributed by atoms with Crippen LogP contribution in [0, 0.1) is 0 Å². The fourth-order valence-electron chi connectivity index (χ4n) is 1.71. The van der Waals surface area contributed by atoms with Gasteiger partial charge in [0.1, 0.15) is 0 Å². The Morgan fingerprint density at radius 3 is 2.94 bits per heavy atom. The Morgan fingerprint density at radius 2 is 2.31 bits per heavy atom. The molecule has 0 saturated carbocycles. The van der Waals surface area contributed by atoms with E-state index in [1.54, 1.807) is 0 Å². The highest BCUT2D eigenvalue weighted by Crippen LogP contribution is 2.16. The smallest absolute Gasteiger partial charge is 0.0699 e. The number of nitrogens with zero attached hydrogens (tertiary/aromatic N) is 2. The van der Waals surface area contributed by atoms with Crippen molar-refractivity contribution in [2.24, 2.45) is 5.73 Å². The number of hydrogen-bond acceptors (Lipinski definition) is 3. The van der Waals surface area contributed by atoms with E-state index < -0.39 is 0 Å². The minimum absolute atomic E-state index is 0.751. The van der Waals surface area contributed by atoms with Gasteiger partial charge in [-0.3, -0.25) is 4.98 Å². The van der Waals surface area contributed by atoms with Crippen LogP contribution in [0.1, 0.15) is 12.1 Å². The summed E-state index contributed by atoms with van der Waals surface area (Å²) in [7, 11) is 0. The molecule has 1 aliphatic heterocycles. The second-order valence-corrected chi connectivity index (χ2v) is 3.83. The summed E-state index contributed by atoms with van der Waals surface area (Å²) in [6.07, 6.45) is 9.31. The van der Waals surface area contributed by atoms with Gasteiger partial charge in [-0.15, -0.1) is 0 Å². The number of pyridine rings is 1. The van der Waals surface area contributed by atoms with Crippen molar-refractivity contribution in [3.05, 3.63) is 48.4 Å². The lowest BCUT2D eigenvalue weighted by Gasteiger charge is -2.22. The number of aromatic nitrogens is 1. The van der Waals surface area contributed by atoms with Crippen molar-refractivity contribution in [1.82, 2.24) is 9.88 Å². The molecule has 1 aromatic rings. The van der Waals surface area contributed by atoms with Gasteiger partial charge in [0.15, 0.2) is 0 Å². The van der Waals surface area contributed by atoms with Crippen LogP contribution in [0.25, 0.3) is 5.57 Å². The highest BCUT2D eigenvalue weighted by molar-refractivity contribution is 5.72. The predicted molar refractivity (Wildman–Crippen MR) is 66.6 cm³/mol. The maximum Gasteiger partial charge on any atom is 0.0699 e. The van der Waals surface area contributed by atoms with Crippen LogP contribution in [0.5, 0.6) is 0 Å². The first-order valence-corrected chi connectivity index (χ1v) is 5.64. The molecule has 0 fully saturated rings. The summed E-state index contributed by atoms with van der Waals surface area (Å²) in [6, 6.07) is 5.98. The van der Waals surface area contributed by atoms with Crippen molar-refractivity contribution in [1.29, 1.82) is 0 Å². The van der Waals surface area contributed by atoms with Gasteiger partial charge in [0, 0.05) is 19.3 Å². The summed E-state index contributed by atoms with van der Waals surface area (Å²) in [5, 5.41) is 0. The van der Waals surface area contributed by atoms with Gasteiger partial charge in [0.25, 0.3) is 0 Å². The Morgan fingerprint density at radius 1 is 1.38 bits per heavy atom. The Labute approximate surface area is 96.3 Å². The normalized spacial score (nSPS) is 15.1. The van der Waals surface area contributed by atoms with Crippen molar-refractivity contribution in [3.8, 4) is 0 Å². The van der Waals surface area contributed by atoms with E-state index >= 15 is 0 Å². The Bertz CT molecular complexity index is 381. The van der Waals surface area contributed by atoms with E-state index in [4.69, 9.17) is 5.73 Å². The molecule has 0 atom stereocenters. The SMILES string of the molecule is NCCCN1C=CC(c2ccccn2)=CC1. The molecule has 0 amide bonds. The topological polar surface area (TPSA) is 42.1 Å². The van der Waals surface area contributed by atoms with Gasteiger partial charge in [0.05, 0.1) is 5.69 Å². The Hall–Kier alpha value is -1.61. The molecule has 2 rings (SSSR count). The van der Waals surface area contributed by atoms with Crippen LogP contribution in [0.2, 0.25) is 0 Å². The molecule has 0 spiro atoms. The fourth-order valence-corrected chi connectivity index (χ4v) is 1.71. The third-order valence-electron chi connectivity index (χ3n) is 2.62. The molecule has 0 aromatic carbocycles. The average molecular weight is 215 g/mol. The van der Waals surface area contributed by atoms with E-state index in [1.807, 2.05) is 24.4 Å². The number of nitrogens with two attached hydrogens (primary N) is 1. The van der Waals surface area contributed by atoms with Crippen LogP contribution < -0.4 is 5.73 Å². The van der Waals surface area contributed by atoms with Gasteiger partial charge >= 0.3 is 0 Å². The molecule has 0 saturated heterocycles. The first-order chi connectivity index (χ1) is 7.90. The quantitative estimate of drug-likeness (QED) is 0.830. The molecule has 2 heterocycles. The second kappa shape index (κ2) is 5.47. The average Bonchev–Trinajstić information content (AvgIpc) is 2.38. The van der Waals surface area contributed by atoms with E-state index in [0.29, 0.717) is 0 Å². The zero-order chi connectivity index (χ0) is 11.2. The number of rotatable bonds is 4.